The predicted molar refractivity (Wildman–Crippen MR) is 136 cm³/mol. The fourth-order valence-corrected chi connectivity index (χ4v) is 5.58. The number of aryl methyl sites for hydroxylation is 2. The Labute approximate surface area is 200 Å². The van der Waals surface area contributed by atoms with Gasteiger partial charge in [-0.05, 0) is 38.8 Å². The largest absolute Gasteiger partial charge is 0.357 e. The van der Waals surface area contributed by atoms with Gasteiger partial charge in [0.25, 0.3) is 0 Å². The molecule has 3 rings (SSSR count). The minimum absolute atomic E-state index is 0. The van der Waals surface area contributed by atoms with Crippen LogP contribution in [0.25, 0.3) is 0 Å². The first kappa shape index (κ1) is 24.9. The molecular weight excluding hydrogens is 533 g/mol. The molecule has 0 spiro atoms. The van der Waals surface area contributed by atoms with E-state index in [0.717, 1.165) is 34.8 Å². The lowest BCUT2D eigenvalue weighted by molar-refractivity contribution is 0.592. The van der Waals surface area contributed by atoms with Gasteiger partial charge in [0.2, 0.25) is 10.0 Å². The molecule has 0 saturated carbocycles. The maximum absolute atomic E-state index is 12.8. The van der Waals surface area contributed by atoms with Gasteiger partial charge in [0.1, 0.15) is 0 Å². The SMILES string of the molecule is CCNC(=NCCS(=O)(=O)N1CCc2ccccc21)NCCc1nc(C)c(C)s1.I. The summed E-state index contributed by atoms with van der Waals surface area (Å²) in [5.74, 6) is 0.623. The average Bonchev–Trinajstić information content (AvgIpc) is 3.25. The average molecular weight is 564 g/mol. The van der Waals surface area contributed by atoms with Gasteiger partial charge in [-0.15, -0.1) is 35.3 Å². The lowest BCUT2D eigenvalue weighted by atomic mass is 10.2. The van der Waals surface area contributed by atoms with Crippen molar-refractivity contribution in [3.05, 3.63) is 45.4 Å². The van der Waals surface area contributed by atoms with Crippen LogP contribution in [0.5, 0.6) is 0 Å². The minimum atomic E-state index is -3.39. The van der Waals surface area contributed by atoms with E-state index in [4.69, 9.17) is 0 Å². The molecule has 0 saturated heterocycles. The number of benzene rings is 1. The van der Waals surface area contributed by atoms with Gasteiger partial charge >= 0.3 is 0 Å². The summed E-state index contributed by atoms with van der Waals surface area (Å²) >= 11 is 1.71. The van der Waals surface area contributed by atoms with Crippen LogP contribution in [0.1, 0.15) is 28.1 Å². The maximum atomic E-state index is 12.8. The van der Waals surface area contributed by atoms with Crippen molar-refractivity contribution in [3.63, 3.8) is 0 Å². The first-order valence-corrected chi connectivity index (χ1v) is 12.4. The number of fused-ring (bicyclic) bond motifs is 1. The van der Waals surface area contributed by atoms with Gasteiger partial charge in [-0.1, -0.05) is 18.2 Å². The zero-order valence-corrected chi connectivity index (χ0v) is 21.6. The van der Waals surface area contributed by atoms with E-state index in [1.54, 1.807) is 11.3 Å². The van der Waals surface area contributed by atoms with E-state index < -0.39 is 10.0 Å². The van der Waals surface area contributed by atoms with Gasteiger partial charge in [0.15, 0.2) is 5.96 Å². The number of rotatable bonds is 8. The number of halogens is 1. The summed E-state index contributed by atoms with van der Waals surface area (Å²) < 4.78 is 27.1. The van der Waals surface area contributed by atoms with Crippen molar-refractivity contribution < 1.29 is 8.42 Å². The van der Waals surface area contributed by atoms with E-state index in [0.29, 0.717) is 25.6 Å². The Morgan fingerprint density at radius 2 is 2.03 bits per heavy atom. The first-order chi connectivity index (χ1) is 13.9. The van der Waals surface area contributed by atoms with Crippen molar-refractivity contribution in [2.24, 2.45) is 4.99 Å². The molecule has 10 heteroatoms. The second-order valence-electron chi connectivity index (χ2n) is 6.95. The standard InChI is InChI=1S/C20H29N5O2S2.HI/c1-4-21-20(22-11-9-19-24-15(2)16(3)28-19)23-12-14-29(26,27)25-13-10-17-7-5-6-8-18(17)25;/h5-8H,4,9-14H2,1-3H3,(H2,21,22,23);1H. The fourth-order valence-electron chi connectivity index (χ4n) is 3.26. The molecule has 2 heterocycles. The molecule has 0 bridgehead atoms. The maximum Gasteiger partial charge on any atom is 0.237 e. The number of hydrogen-bond donors (Lipinski definition) is 2. The molecule has 2 aromatic rings. The molecule has 30 heavy (non-hydrogen) atoms. The summed E-state index contributed by atoms with van der Waals surface area (Å²) in [7, 11) is -3.39. The molecule has 0 fully saturated rings. The number of nitrogens with zero attached hydrogens (tertiary/aromatic N) is 3. The van der Waals surface area contributed by atoms with Crippen molar-refractivity contribution in [1.29, 1.82) is 0 Å². The molecule has 1 aromatic heterocycles. The van der Waals surface area contributed by atoms with E-state index in [-0.39, 0.29) is 36.3 Å². The van der Waals surface area contributed by atoms with Gasteiger partial charge < -0.3 is 10.6 Å². The van der Waals surface area contributed by atoms with Crippen molar-refractivity contribution in [2.45, 2.75) is 33.6 Å². The zero-order chi connectivity index (χ0) is 20.9. The molecule has 0 aliphatic carbocycles. The Kier molecular flexibility index (Phi) is 9.35. The van der Waals surface area contributed by atoms with Crippen molar-refractivity contribution >= 4 is 57.0 Å². The highest BCUT2D eigenvalue weighted by atomic mass is 127. The number of aromatic nitrogens is 1. The van der Waals surface area contributed by atoms with Crippen molar-refractivity contribution in [2.75, 3.05) is 36.2 Å². The molecular formula is C20H30IN5O2S2. The topological polar surface area (TPSA) is 86.7 Å². The number of hydrogen-bond acceptors (Lipinski definition) is 5. The number of anilines is 1. The minimum Gasteiger partial charge on any atom is -0.357 e. The fraction of sp³-hybridized carbons (Fsp3) is 0.500. The Morgan fingerprint density at radius 3 is 2.73 bits per heavy atom. The Balaban J connectivity index is 0.00000320. The molecule has 0 radical (unpaired) electrons. The van der Waals surface area contributed by atoms with Crippen LogP contribution in [0, 0.1) is 13.8 Å². The number of guanidine groups is 1. The van der Waals surface area contributed by atoms with Crippen molar-refractivity contribution in [1.82, 2.24) is 15.6 Å². The summed E-state index contributed by atoms with van der Waals surface area (Å²) in [6.45, 7) is 8.23. The van der Waals surface area contributed by atoms with E-state index in [9.17, 15) is 8.42 Å². The summed E-state index contributed by atoms with van der Waals surface area (Å²) in [6.07, 6.45) is 1.57. The van der Waals surface area contributed by atoms with Crippen LogP contribution in [0.4, 0.5) is 5.69 Å². The highest BCUT2D eigenvalue weighted by molar-refractivity contribution is 14.0. The van der Waals surface area contributed by atoms with E-state index in [1.165, 1.54) is 9.18 Å². The normalized spacial score (nSPS) is 13.7. The molecule has 0 unspecified atom stereocenters. The molecule has 1 aliphatic heterocycles. The monoisotopic (exact) mass is 563 g/mol. The zero-order valence-electron chi connectivity index (χ0n) is 17.6. The Morgan fingerprint density at radius 1 is 1.27 bits per heavy atom. The van der Waals surface area contributed by atoms with Crippen LogP contribution in [0.3, 0.4) is 0 Å². The summed E-state index contributed by atoms with van der Waals surface area (Å²) in [5.41, 5.74) is 2.97. The van der Waals surface area contributed by atoms with Crippen LogP contribution < -0.4 is 14.9 Å². The second kappa shape index (κ2) is 11.3. The summed E-state index contributed by atoms with van der Waals surface area (Å²) in [5, 5.41) is 7.53. The van der Waals surface area contributed by atoms with Gasteiger partial charge in [-0.2, -0.15) is 0 Å². The molecule has 0 amide bonds. The van der Waals surface area contributed by atoms with Crippen LogP contribution in [-0.4, -0.2) is 51.3 Å². The molecule has 7 nitrogen and oxygen atoms in total. The number of nitrogens with one attached hydrogen (secondary N) is 2. The molecule has 1 aromatic carbocycles. The highest BCUT2D eigenvalue weighted by Crippen LogP contribution is 2.29. The van der Waals surface area contributed by atoms with Crippen LogP contribution in [-0.2, 0) is 22.9 Å². The van der Waals surface area contributed by atoms with Crippen LogP contribution >= 0.6 is 35.3 Å². The van der Waals surface area contributed by atoms with E-state index >= 15 is 0 Å². The van der Waals surface area contributed by atoms with Crippen molar-refractivity contribution in [3.8, 4) is 0 Å². The van der Waals surface area contributed by atoms with Gasteiger partial charge in [-0.25, -0.2) is 13.4 Å². The number of aliphatic imine (C=N–C) groups is 1. The summed E-state index contributed by atoms with van der Waals surface area (Å²) in [4.78, 5) is 10.2. The third-order valence-electron chi connectivity index (χ3n) is 4.85. The molecule has 166 valence electrons. The molecule has 1 aliphatic rings. The molecule has 0 atom stereocenters. The predicted octanol–water partition coefficient (Wildman–Crippen LogP) is 2.87. The first-order valence-electron chi connectivity index (χ1n) is 9.94. The highest BCUT2D eigenvalue weighted by Gasteiger charge is 2.28. The lowest BCUT2D eigenvalue weighted by Gasteiger charge is -2.19. The molecule has 2 N–H and O–H groups in total. The van der Waals surface area contributed by atoms with Gasteiger partial charge in [0.05, 0.1) is 28.7 Å². The summed E-state index contributed by atoms with van der Waals surface area (Å²) in [6, 6.07) is 7.68. The number of thiazole rings is 1. The van der Waals surface area contributed by atoms with Crippen LogP contribution in [0.2, 0.25) is 0 Å². The van der Waals surface area contributed by atoms with Crippen LogP contribution in [0.15, 0.2) is 29.3 Å². The van der Waals surface area contributed by atoms with Gasteiger partial charge in [-0.3, -0.25) is 9.30 Å². The van der Waals surface area contributed by atoms with E-state index in [1.807, 2.05) is 38.1 Å². The Bertz CT molecular complexity index is 956. The number of sulfonamides is 1. The smallest absolute Gasteiger partial charge is 0.237 e. The quantitative estimate of drug-likeness (QED) is 0.293. The number of para-hydroxylation sites is 1. The third-order valence-corrected chi connectivity index (χ3v) is 7.73. The second-order valence-corrected chi connectivity index (χ2v) is 10.3. The Hall–Kier alpha value is -1.40. The third kappa shape index (κ3) is 6.30. The van der Waals surface area contributed by atoms with Gasteiger partial charge in [0, 0.05) is 30.9 Å². The van der Waals surface area contributed by atoms with E-state index in [2.05, 4.69) is 27.5 Å². The lowest BCUT2D eigenvalue weighted by Crippen LogP contribution is -2.39.